The Morgan fingerprint density at radius 3 is 0.778 bits per heavy atom. The monoisotopic (exact) mass is 344 g/mol. The molecule has 0 radical (unpaired) electrons. The second-order valence-electron chi connectivity index (χ2n) is 1.91. The van der Waals surface area contributed by atoms with Crippen LogP contribution in [0.2, 0.25) is 0 Å². The summed E-state index contributed by atoms with van der Waals surface area (Å²) in [6.45, 7) is 1.42. The summed E-state index contributed by atoms with van der Waals surface area (Å²) < 4.78 is 26.7. The molecule has 12 heteroatoms. The molecule has 0 amide bonds. The van der Waals surface area contributed by atoms with Crippen molar-refractivity contribution in [3.05, 3.63) is 34.4 Å². The van der Waals surface area contributed by atoms with Crippen molar-refractivity contribution < 1.29 is 29.8 Å². The third-order valence-electron chi connectivity index (χ3n) is 0.375. The molecule has 0 aromatic rings. The minimum Gasteiger partial charge on any atom is -0.780 e. The molecule has 0 aliphatic heterocycles. The summed E-state index contributed by atoms with van der Waals surface area (Å²) in [5, 5.41) is 0. The zero-order chi connectivity index (χ0) is 14.7. The van der Waals surface area contributed by atoms with Crippen LogP contribution in [0, 0.1) is 0 Å². The zero-order valence-corrected chi connectivity index (χ0v) is 12.2. The standard InChI is InChI=1S/3C2H6N2.Ni.H2O3S2/c3*3-1-2-4;;1-5(2,3)4/h3*3-4H,1-2H2;;(H2,1,2,3,4)/q3*-2;+2;/p-2. The predicted octanol–water partition coefficient (Wildman–Crippen LogP) is 2.26. The van der Waals surface area contributed by atoms with Gasteiger partial charge in [-0.2, -0.15) is 39.3 Å². The largest absolute Gasteiger partial charge is 2.00 e. The Labute approximate surface area is 124 Å². The zero-order valence-electron chi connectivity index (χ0n) is 9.60. The van der Waals surface area contributed by atoms with E-state index in [0.717, 1.165) is 0 Å². The van der Waals surface area contributed by atoms with Crippen molar-refractivity contribution >= 4 is 20.2 Å². The van der Waals surface area contributed by atoms with Crippen molar-refractivity contribution in [2.24, 2.45) is 0 Å². The Bertz CT molecular complexity index is 172. The van der Waals surface area contributed by atoms with E-state index in [1.54, 1.807) is 0 Å². The van der Waals surface area contributed by atoms with Crippen LogP contribution in [-0.2, 0) is 36.7 Å². The van der Waals surface area contributed by atoms with Crippen molar-refractivity contribution in [1.82, 2.24) is 0 Å². The third kappa shape index (κ3) is 318. The smallest absolute Gasteiger partial charge is 0.780 e. The van der Waals surface area contributed by atoms with Crippen molar-refractivity contribution in [2.45, 2.75) is 0 Å². The first-order chi connectivity index (χ1) is 7.74. The molecule has 0 saturated carbocycles. The van der Waals surface area contributed by atoms with Crippen LogP contribution in [0.4, 0.5) is 0 Å². The van der Waals surface area contributed by atoms with E-state index in [2.05, 4.69) is 11.2 Å². The molecular weight excluding hydrogens is 327 g/mol. The van der Waals surface area contributed by atoms with Crippen molar-refractivity contribution in [3.8, 4) is 0 Å². The quantitative estimate of drug-likeness (QED) is 0.705. The molecule has 6 N–H and O–H groups in total. The Hall–Kier alpha value is 0.544. The van der Waals surface area contributed by atoms with Gasteiger partial charge in [-0.05, 0) is 11.2 Å². The summed E-state index contributed by atoms with van der Waals surface area (Å²) in [6.07, 6.45) is 0. The molecular formula is C6H18N6NiO3S2-6. The molecule has 0 aliphatic rings. The SMILES string of the molecule is O=S([O-])([O-])=S.[NH-]CC[NH-].[NH-]CC[NH-].[NH-]CC[NH-].[Ni+2]. The fraction of sp³-hybridized carbons (Fsp3) is 1.00. The Balaban J connectivity index is -0.0000000412. The number of nitrogens with one attached hydrogen (secondary N) is 6. The van der Waals surface area contributed by atoms with Gasteiger partial charge in [0.05, 0.1) is 0 Å². The molecule has 0 aromatic heterocycles. The van der Waals surface area contributed by atoms with Crippen molar-refractivity contribution in [1.29, 1.82) is 0 Å². The Kier molecular flexibility index (Phi) is 52.8. The summed E-state index contributed by atoms with van der Waals surface area (Å²) in [7, 11) is -4.33. The van der Waals surface area contributed by atoms with E-state index in [-0.39, 0.29) is 55.8 Å². The van der Waals surface area contributed by atoms with Gasteiger partial charge in [-0.15, -0.1) is 9.05 Å². The number of hydrogen-bond donors (Lipinski definition) is 0. The van der Waals surface area contributed by atoms with Gasteiger partial charge in [-0.1, -0.05) is 0 Å². The van der Waals surface area contributed by atoms with Crippen LogP contribution in [-0.4, -0.2) is 52.6 Å². The van der Waals surface area contributed by atoms with Crippen LogP contribution in [0.1, 0.15) is 0 Å². The van der Waals surface area contributed by atoms with Crippen molar-refractivity contribution in [2.75, 3.05) is 39.3 Å². The summed E-state index contributed by atoms with van der Waals surface area (Å²) in [5.74, 6) is 0. The van der Waals surface area contributed by atoms with Gasteiger partial charge in [0.1, 0.15) is 0 Å². The fourth-order valence-corrected chi connectivity index (χ4v) is 0. The van der Waals surface area contributed by atoms with Crippen LogP contribution < -0.4 is 0 Å². The average molecular weight is 345 g/mol. The molecule has 18 heavy (non-hydrogen) atoms. The molecule has 9 nitrogen and oxygen atoms in total. The van der Waals surface area contributed by atoms with E-state index in [0.29, 0.717) is 0 Å². The van der Waals surface area contributed by atoms with Crippen LogP contribution in [0.25, 0.3) is 34.4 Å². The van der Waals surface area contributed by atoms with Crippen LogP contribution in [0.3, 0.4) is 0 Å². The number of rotatable bonds is 3. The minimum absolute atomic E-state index is 0. The maximum atomic E-state index is 8.89. The van der Waals surface area contributed by atoms with E-state index in [1.165, 1.54) is 0 Å². The van der Waals surface area contributed by atoms with Gasteiger partial charge in [-0.3, -0.25) is 4.21 Å². The first-order valence-corrected chi connectivity index (χ1v) is 6.62. The molecule has 0 atom stereocenters. The Morgan fingerprint density at radius 2 is 0.778 bits per heavy atom. The molecule has 0 fully saturated rings. The topological polar surface area (TPSA) is 206 Å². The molecule has 0 rings (SSSR count). The van der Waals surface area contributed by atoms with Gasteiger partial charge in [0.25, 0.3) is 0 Å². The van der Waals surface area contributed by atoms with Gasteiger partial charge in [-0.25, -0.2) is 0 Å². The molecule has 0 spiro atoms. The minimum atomic E-state index is -4.33. The van der Waals surface area contributed by atoms with Crippen LogP contribution >= 0.6 is 0 Å². The molecule has 0 bridgehead atoms. The second-order valence-corrected chi connectivity index (χ2v) is 3.95. The van der Waals surface area contributed by atoms with Gasteiger partial charge in [0, 0.05) is 0 Å². The maximum absolute atomic E-state index is 8.89. The van der Waals surface area contributed by atoms with Gasteiger partial charge < -0.3 is 43.5 Å². The first-order valence-electron chi connectivity index (χ1n) is 4.29. The third-order valence-corrected chi connectivity index (χ3v) is 0.375. The normalized spacial score (nSPS) is 8.22. The summed E-state index contributed by atoms with van der Waals surface area (Å²) in [5.41, 5.74) is 37.6. The predicted molar refractivity (Wildman–Crippen MR) is 72.2 cm³/mol. The molecule has 118 valence electrons. The van der Waals surface area contributed by atoms with Gasteiger partial charge in [0.2, 0.25) is 0 Å². The molecule has 0 aromatic carbocycles. The van der Waals surface area contributed by atoms with E-state index < -0.39 is 9.05 Å². The van der Waals surface area contributed by atoms with Crippen molar-refractivity contribution in [3.63, 3.8) is 0 Å². The van der Waals surface area contributed by atoms with Gasteiger partial charge in [0.15, 0.2) is 0 Å². The van der Waals surface area contributed by atoms with E-state index in [9.17, 15) is 0 Å². The molecule has 0 aliphatic carbocycles. The number of hydrogen-bond acceptors (Lipinski definition) is 4. The molecule has 0 unspecified atom stereocenters. The summed E-state index contributed by atoms with van der Waals surface area (Å²) >= 11 is 3.24. The van der Waals surface area contributed by atoms with E-state index in [4.69, 9.17) is 47.7 Å². The first kappa shape index (κ1) is 31.1. The molecule has 0 saturated heterocycles. The van der Waals surface area contributed by atoms with Gasteiger partial charge >= 0.3 is 16.5 Å². The summed E-state index contributed by atoms with van der Waals surface area (Å²) in [6, 6.07) is 0. The second kappa shape index (κ2) is 30.5. The van der Waals surface area contributed by atoms with Crippen LogP contribution in [0.15, 0.2) is 0 Å². The summed E-state index contributed by atoms with van der Waals surface area (Å²) in [4.78, 5) is 0. The molecule has 0 heterocycles. The van der Waals surface area contributed by atoms with Crippen LogP contribution in [0.5, 0.6) is 0 Å². The average Bonchev–Trinajstić information content (AvgIpc) is 2.27. The van der Waals surface area contributed by atoms with E-state index in [1.807, 2.05) is 0 Å². The maximum Gasteiger partial charge on any atom is 2.00 e. The Morgan fingerprint density at radius 1 is 0.722 bits per heavy atom. The van der Waals surface area contributed by atoms with E-state index >= 15 is 0 Å². The fourth-order valence-electron chi connectivity index (χ4n) is 0.